The van der Waals surface area contributed by atoms with Gasteiger partial charge in [0.05, 0.1) is 6.20 Å². The van der Waals surface area contributed by atoms with E-state index < -0.39 is 5.82 Å². The monoisotopic (exact) mass is 371 g/mol. The third-order valence-electron chi connectivity index (χ3n) is 4.90. The van der Waals surface area contributed by atoms with Gasteiger partial charge in [0.15, 0.2) is 17.5 Å². The highest BCUT2D eigenvalue weighted by atomic mass is 19.1. The Morgan fingerprint density at radius 1 is 1.33 bits per heavy atom. The molecule has 1 atom stereocenters. The van der Waals surface area contributed by atoms with E-state index in [0.29, 0.717) is 12.5 Å². The lowest BCUT2D eigenvalue weighted by atomic mass is 9.97. The quantitative estimate of drug-likeness (QED) is 0.725. The van der Waals surface area contributed by atoms with Crippen molar-refractivity contribution in [2.45, 2.75) is 25.3 Å². The van der Waals surface area contributed by atoms with Crippen molar-refractivity contribution >= 4 is 11.8 Å². The molecule has 27 heavy (non-hydrogen) atoms. The molecule has 1 fully saturated rings. The third-order valence-corrected chi connectivity index (χ3v) is 4.90. The van der Waals surface area contributed by atoms with E-state index >= 15 is 0 Å². The van der Waals surface area contributed by atoms with Gasteiger partial charge in [-0.3, -0.25) is 4.68 Å². The van der Waals surface area contributed by atoms with Gasteiger partial charge in [0, 0.05) is 45.5 Å². The standard InChI is InChI=1S/C17H22FN9/c1-19-15-13(18)9-20-17(22-15)26-7-3-5-12(10-26)16-24-23-14(25(16)2)11-27-8-4-6-21-27/h4,6,8-9,12H,3,5,7,10-11H2,1-2H3,(H,19,20,22)/t12-/m0/s1. The minimum atomic E-state index is -0.452. The number of nitrogens with one attached hydrogen (secondary N) is 1. The third kappa shape index (κ3) is 3.46. The number of hydrogen-bond donors (Lipinski definition) is 1. The fourth-order valence-corrected chi connectivity index (χ4v) is 3.46. The maximum absolute atomic E-state index is 13.7. The number of anilines is 2. The molecule has 1 aliphatic rings. The molecule has 0 spiro atoms. The summed E-state index contributed by atoms with van der Waals surface area (Å²) < 4.78 is 17.5. The Bertz CT molecular complexity index is 905. The van der Waals surface area contributed by atoms with Gasteiger partial charge in [-0.2, -0.15) is 10.1 Å². The topological polar surface area (TPSA) is 89.6 Å². The predicted octanol–water partition coefficient (Wildman–Crippen LogP) is 1.41. The highest BCUT2D eigenvalue weighted by molar-refractivity contribution is 5.42. The van der Waals surface area contributed by atoms with E-state index in [1.807, 2.05) is 28.6 Å². The average molecular weight is 371 g/mol. The van der Waals surface area contributed by atoms with Crippen LogP contribution in [0.1, 0.15) is 30.4 Å². The molecule has 0 radical (unpaired) electrons. The number of rotatable bonds is 5. The molecule has 0 bridgehead atoms. The van der Waals surface area contributed by atoms with Crippen molar-refractivity contribution in [3.8, 4) is 0 Å². The predicted molar refractivity (Wildman–Crippen MR) is 98.1 cm³/mol. The molecule has 3 aromatic heterocycles. The average Bonchev–Trinajstić information content (AvgIpc) is 3.33. The van der Waals surface area contributed by atoms with Gasteiger partial charge in [-0.25, -0.2) is 9.37 Å². The summed E-state index contributed by atoms with van der Waals surface area (Å²) >= 11 is 0. The molecule has 0 saturated carbocycles. The fourth-order valence-electron chi connectivity index (χ4n) is 3.46. The second kappa shape index (κ2) is 7.29. The molecule has 0 amide bonds. The lowest BCUT2D eigenvalue weighted by Crippen LogP contribution is -2.36. The fraction of sp³-hybridized carbons (Fsp3) is 0.471. The largest absolute Gasteiger partial charge is 0.371 e. The van der Waals surface area contributed by atoms with Crippen LogP contribution in [0.4, 0.5) is 16.2 Å². The summed E-state index contributed by atoms with van der Waals surface area (Å²) in [6, 6.07) is 1.89. The van der Waals surface area contributed by atoms with Crippen LogP contribution in [-0.4, -0.2) is 54.7 Å². The summed E-state index contributed by atoms with van der Waals surface area (Å²) in [5.74, 6) is 2.31. The highest BCUT2D eigenvalue weighted by Gasteiger charge is 2.27. The molecular weight excluding hydrogens is 349 g/mol. The molecular formula is C17H22FN9. The van der Waals surface area contributed by atoms with Gasteiger partial charge in [0.2, 0.25) is 5.95 Å². The van der Waals surface area contributed by atoms with E-state index in [1.165, 1.54) is 6.20 Å². The summed E-state index contributed by atoms with van der Waals surface area (Å²) in [5.41, 5.74) is 0. The van der Waals surface area contributed by atoms with Crippen LogP contribution in [-0.2, 0) is 13.6 Å². The van der Waals surface area contributed by atoms with Crippen molar-refractivity contribution in [2.24, 2.45) is 7.05 Å². The molecule has 4 heterocycles. The van der Waals surface area contributed by atoms with Gasteiger partial charge < -0.3 is 14.8 Å². The lowest BCUT2D eigenvalue weighted by Gasteiger charge is -2.32. The Morgan fingerprint density at radius 2 is 2.22 bits per heavy atom. The molecule has 142 valence electrons. The Morgan fingerprint density at radius 3 is 3.00 bits per heavy atom. The van der Waals surface area contributed by atoms with E-state index in [2.05, 4.69) is 35.5 Å². The molecule has 1 aliphatic heterocycles. The maximum atomic E-state index is 13.7. The van der Waals surface area contributed by atoms with E-state index in [0.717, 1.165) is 37.6 Å². The summed E-state index contributed by atoms with van der Waals surface area (Å²) in [6.45, 7) is 2.14. The molecule has 0 unspecified atom stereocenters. The minimum absolute atomic E-state index is 0.210. The number of piperidine rings is 1. The first-order chi connectivity index (χ1) is 13.2. The number of hydrogen-bond acceptors (Lipinski definition) is 7. The van der Waals surface area contributed by atoms with Crippen LogP contribution in [0.2, 0.25) is 0 Å². The first-order valence-corrected chi connectivity index (χ1v) is 8.96. The van der Waals surface area contributed by atoms with Gasteiger partial charge in [-0.05, 0) is 18.9 Å². The first-order valence-electron chi connectivity index (χ1n) is 8.96. The SMILES string of the molecule is CNc1nc(N2CCC[C@H](c3nnc(Cn4cccn4)n3C)C2)ncc1F. The number of halogens is 1. The van der Waals surface area contributed by atoms with Crippen LogP contribution in [0.5, 0.6) is 0 Å². The zero-order valence-electron chi connectivity index (χ0n) is 15.4. The van der Waals surface area contributed by atoms with Crippen LogP contribution in [0.25, 0.3) is 0 Å². The zero-order valence-corrected chi connectivity index (χ0v) is 15.4. The molecule has 10 heteroatoms. The first kappa shape index (κ1) is 17.4. The van der Waals surface area contributed by atoms with Crippen LogP contribution in [0.3, 0.4) is 0 Å². The molecule has 4 rings (SSSR count). The summed E-state index contributed by atoms with van der Waals surface area (Å²) in [6.07, 6.45) is 6.87. The maximum Gasteiger partial charge on any atom is 0.227 e. The number of aromatic nitrogens is 7. The highest BCUT2D eigenvalue weighted by Crippen LogP contribution is 2.28. The smallest absolute Gasteiger partial charge is 0.227 e. The molecule has 0 aliphatic carbocycles. The van der Waals surface area contributed by atoms with Crippen molar-refractivity contribution < 1.29 is 4.39 Å². The molecule has 3 aromatic rings. The van der Waals surface area contributed by atoms with Crippen molar-refractivity contribution in [3.05, 3.63) is 42.1 Å². The van der Waals surface area contributed by atoms with Crippen LogP contribution in [0.15, 0.2) is 24.7 Å². The zero-order chi connectivity index (χ0) is 18.8. The van der Waals surface area contributed by atoms with Gasteiger partial charge in [-0.1, -0.05) is 0 Å². The van der Waals surface area contributed by atoms with Crippen molar-refractivity contribution in [3.63, 3.8) is 0 Å². The van der Waals surface area contributed by atoms with Gasteiger partial charge in [-0.15, -0.1) is 10.2 Å². The van der Waals surface area contributed by atoms with Crippen LogP contribution >= 0.6 is 0 Å². The van der Waals surface area contributed by atoms with E-state index in [4.69, 9.17) is 0 Å². The Labute approximate surface area is 156 Å². The second-order valence-electron chi connectivity index (χ2n) is 6.64. The van der Waals surface area contributed by atoms with E-state index in [9.17, 15) is 4.39 Å². The van der Waals surface area contributed by atoms with Crippen LogP contribution < -0.4 is 10.2 Å². The second-order valence-corrected chi connectivity index (χ2v) is 6.64. The molecule has 9 nitrogen and oxygen atoms in total. The summed E-state index contributed by atoms with van der Waals surface area (Å²) in [5, 5.41) is 15.8. The molecule has 1 N–H and O–H groups in total. The van der Waals surface area contributed by atoms with E-state index in [1.54, 1.807) is 13.2 Å². The van der Waals surface area contributed by atoms with Crippen molar-refractivity contribution in [1.82, 2.24) is 34.5 Å². The minimum Gasteiger partial charge on any atom is -0.371 e. The Kier molecular flexibility index (Phi) is 4.69. The molecule has 1 saturated heterocycles. The van der Waals surface area contributed by atoms with Crippen molar-refractivity contribution in [1.29, 1.82) is 0 Å². The lowest BCUT2D eigenvalue weighted by molar-refractivity contribution is 0.471. The van der Waals surface area contributed by atoms with E-state index in [-0.39, 0.29) is 11.7 Å². The number of nitrogens with zero attached hydrogens (tertiary/aromatic N) is 8. The van der Waals surface area contributed by atoms with Crippen molar-refractivity contribution in [2.75, 3.05) is 30.4 Å². The summed E-state index contributed by atoms with van der Waals surface area (Å²) in [7, 11) is 3.63. The Hall–Kier alpha value is -3.04. The van der Waals surface area contributed by atoms with Gasteiger partial charge in [0.25, 0.3) is 0 Å². The van der Waals surface area contributed by atoms with Gasteiger partial charge in [0.1, 0.15) is 12.4 Å². The van der Waals surface area contributed by atoms with Gasteiger partial charge >= 0.3 is 0 Å². The van der Waals surface area contributed by atoms with Crippen LogP contribution in [0, 0.1) is 5.82 Å². The normalized spacial score (nSPS) is 17.3. The Balaban J connectivity index is 1.52. The molecule has 0 aromatic carbocycles. The summed E-state index contributed by atoms with van der Waals surface area (Å²) in [4.78, 5) is 10.5.